The zero-order valence-electron chi connectivity index (χ0n) is 12.9. The lowest BCUT2D eigenvalue weighted by Crippen LogP contribution is -2.13. The monoisotopic (exact) mass is 270 g/mol. The van der Waals surface area contributed by atoms with E-state index in [1.54, 1.807) is 0 Å². The molecular weight excluding hydrogens is 248 g/mol. The van der Waals surface area contributed by atoms with Crippen molar-refractivity contribution in [1.29, 1.82) is 0 Å². The topological polar surface area (TPSA) is 37.9 Å². The summed E-state index contributed by atoms with van der Waals surface area (Å²) in [5.41, 5.74) is 4.56. The maximum absolute atomic E-state index is 5.90. The first kappa shape index (κ1) is 13.2. The Morgan fingerprint density at radius 1 is 1.25 bits per heavy atom. The molecule has 2 heterocycles. The number of H-pyrrole nitrogens is 1. The number of nitrogens with zero attached hydrogens (tertiary/aromatic N) is 1. The number of hydrogen-bond donors (Lipinski definition) is 1. The van der Waals surface area contributed by atoms with Crippen LogP contribution in [0.4, 0.5) is 0 Å². The highest BCUT2D eigenvalue weighted by atomic mass is 16.5. The average Bonchev–Trinajstić information content (AvgIpc) is 2.82. The summed E-state index contributed by atoms with van der Waals surface area (Å²) in [4.78, 5) is 8.22. The van der Waals surface area contributed by atoms with Gasteiger partial charge in [-0.2, -0.15) is 0 Å². The Balaban J connectivity index is 2.09. The zero-order valence-corrected chi connectivity index (χ0v) is 12.9. The van der Waals surface area contributed by atoms with E-state index in [0.717, 1.165) is 28.5 Å². The third-order valence-electron chi connectivity index (χ3n) is 3.79. The molecule has 2 aromatic rings. The molecule has 1 aromatic carbocycles. The average molecular weight is 270 g/mol. The first-order valence-corrected chi connectivity index (χ1v) is 7.22. The van der Waals surface area contributed by atoms with Crippen LogP contribution in [0, 0.1) is 0 Å². The molecule has 0 amide bonds. The highest BCUT2D eigenvalue weighted by Crippen LogP contribution is 2.39. The van der Waals surface area contributed by atoms with Gasteiger partial charge in [-0.25, -0.2) is 4.98 Å². The number of aromatic nitrogens is 2. The van der Waals surface area contributed by atoms with Crippen LogP contribution in [0.15, 0.2) is 18.2 Å². The van der Waals surface area contributed by atoms with Gasteiger partial charge in [0.2, 0.25) is 0 Å². The second-order valence-corrected chi connectivity index (χ2v) is 6.86. The molecule has 106 valence electrons. The largest absolute Gasteiger partial charge is 0.487 e. The predicted octanol–water partition coefficient (Wildman–Crippen LogP) is 4.39. The molecule has 0 spiro atoms. The summed E-state index contributed by atoms with van der Waals surface area (Å²) in [6.07, 6.45) is 0. The molecule has 0 fully saturated rings. The van der Waals surface area contributed by atoms with Crippen LogP contribution in [-0.2, 0) is 12.0 Å². The SMILES string of the molecule is CC(C)c1ccc2c(c1)OCc1[nH]c(C(C)(C)C)nc1-2. The quantitative estimate of drug-likeness (QED) is 0.834. The second-order valence-electron chi connectivity index (χ2n) is 6.86. The van der Waals surface area contributed by atoms with Crippen LogP contribution in [0.25, 0.3) is 11.3 Å². The molecular formula is C17H22N2O. The molecule has 0 unspecified atom stereocenters. The van der Waals surface area contributed by atoms with Gasteiger partial charge in [-0.15, -0.1) is 0 Å². The molecule has 0 aliphatic carbocycles. The molecule has 3 nitrogen and oxygen atoms in total. The lowest BCUT2D eigenvalue weighted by molar-refractivity contribution is 0.297. The molecule has 1 N–H and O–H groups in total. The van der Waals surface area contributed by atoms with E-state index in [9.17, 15) is 0 Å². The number of ether oxygens (including phenoxy) is 1. The summed E-state index contributed by atoms with van der Waals surface area (Å²) in [6, 6.07) is 6.46. The van der Waals surface area contributed by atoms with E-state index < -0.39 is 0 Å². The summed E-state index contributed by atoms with van der Waals surface area (Å²) in [7, 11) is 0. The van der Waals surface area contributed by atoms with Gasteiger partial charge in [-0.1, -0.05) is 40.7 Å². The maximum atomic E-state index is 5.90. The number of benzene rings is 1. The van der Waals surface area contributed by atoms with Gasteiger partial charge in [-0.05, 0) is 23.6 Å². The molecule has 3 heteroatoms. The van der Waals surface area contributed by atoms with Crippen molar-refractivity contribution in [2.75, 3.05) is 0 Å². The molecule has 1 aliphatic rings. The van der Waals surface area contributed by atoms with E-state index in [-0.39, 0.29) is 5.41 Å². The lowest BCUT2D eigenvalue weighted by atomic mass is 9.96. The van der Waals surface area contributed by atoms with Gasteiger partial charge in [0.25, 0.3) is 0 Å². The highest BCUT2D eigenvalue weighted by molar-refractivity contribution is 5.71. The summed E-state index contributed by atoms with van der Waals surface area (Å²) >= 11 is 0. The van der Waals surface area contributed by atoms with Crippen molar-refractivity contribution in [1.82, 2.24) is 9.97 Å². The molecule has 0 atom stereocenters. The van der Waals surface area contributed by atoms with Crippen LogP contribution in [0.2, 0.25) is 0 Å². The fraction of sp³-hybridized carbons (Fsp3) is 0.471. The van der Waals surface area contributed by atoms with E-state index in [1.807, 2.05) is 0 Å². The maximum Gasteiger partial charge on any atom is 0.130 e. The molecule has 3 rings (SSSR count). The molecule has 0 saturated carbocycles. The normalized spacial score (nSPS) is 13.9. The van der Waals surface area contributed by atoms with Crippen molar-refractivity contribution < 1.29 is 4.74 Å². The van der Waals surface area contributed by atoms with Gasteiger partial charge in [0.15, 0.2) is 0 Å². The van der Waals surface area contributed by atoms with Gasteiger partial charge in [-0.3, -0.25) is 0 Å². The van der Waals surface area contributed by atoms with Crippen molar-refractivity contribution in [2.45, 2.75) is 52.6 Å². The lowest BCUT2D eigenvalue weighted by Gasteiger charge is -2.18. The smallest absolute Gasteiger partial charge is 0.130 e. The van der Waals surface area contributed by atoms with Crippen molar-refractivity contribution in [3.63, 3.8) is 0 Å². The van der Waals surface area contributed by atoms with Crippen LogP contribution < -0.4 is 4.74 Å². The van der Waals surface area contributed by atoms with E-state index >= 15 is 0 Å². The number of aromatic amines is 1. The number of rotatable bonds is 1. The van der Waals surface area contributed by atoms with Crippen LogP contribution in [0.1, 0.15) is 57.6 Å². The fourth-order valence-electron chi connectivity index (χ4n) is 2.45. The van der Waals surface area contributed by atoms with E-state index in [1.165, 1.54) is 5.56 Å². The number of nitrogens with one attached hydrogen (secondary N) is 1. The summed E-state index contributed by atoms with van der Waals surface area (Å²) in [6.45, 7) is 11.5. The Kier molecular flexibility index (Phi) is 2.89. The minimum absolute atomic E-state index is 0.0232. The molecule has 0 saturated heterocycles. The van der Waals surface area contributed by atoms with E-state index in [4.69, 9.17) is 9.72 Å². The first-order chi connectivity index (χ1) is 9.36. The Bertz CT molecular complexity index is 647. The number of fused-ring (bicyclic) bond motifs is 3. The van der Waals surface area contributed by atoms with E-state index in [0.29, 0.717) is 12.5 Å². The summed E-state index contributed by atoms with van der Waals surface area (Å²) < 4.78 is 5.90. The number of hydrogen-bond acceptors (Lipinski definition) is 2. The Hall–Kier alpha value is -1.77. The molecule has 0 bridgehead atoms. The molecule has 20 heavy (non-hydrogen) atoms. The van der Waals surface area contributed by atoms with Crippen LogP contribution in [0.5, 0.6) is 5.75 Å². The summed E-state index contributed by atoms with van der Waals surface area (Å²) in [5, 5.41) is 0. The minimum atomic E-state index is 0.0232. The van der Waals surface area contributed by atoms with Gasteiger partial charge < -0.3 is 9.72 Å². The van der Waals surface area contributed by atoms with Crippen molar-refractivity contribution in [3.05, 3.63) is 35.3 Å². The third-order valence-corrected chi connectivity index (χ3v) is 3.79. The second kappa shape index (κ2) is 4.37. The standard InChI is InChI=1S/C17H22N2O/c1-10(2)11-6-7-12-14(8-11)20-9-13-15(12)19-16(18-13)17(3,4)5/h6-8,10H,9H2,1-5H3,(H,18,19). The summed E-state index contributed by atoms with van der Waals surface area (Å²) in [5.74, 6) is 2.48. The van der Waals surface area contributed by atoms with Crippen molar-refractivity contribution >= 4 is 0 Å². The predicted molar refractivity (Wildman–Crippen MR) is 81.1 cm³/mol. The molecule has 0 radical (unpaired) electrons. The number of imidazole rings is 1. The van der Waals surface area contributed by atoms with Crippen LogP contribution >= 0.6 is 0 Å². The van der Waals surface area contributed by atoms with Gasteiger partial charge >= 0.3 is 0 Å². The first-order valence-electron chi connectivity index (χ1n) is 7.22. The van der Waals surface area contributed by atoms with Crippen molar-refractivity contribution in [2.24, 2.45) is 0 Å². The van der Waals surface area contributed by atoms with Gasteiger partial charge in [0.1, 0.15) is 18.2 Å². The zero-order chi connectivity index (χ0) is 14.5. The Labute approximate surface area is 120 Å². The van der Waals surface area contributed by atoms with E-state index in [2.05, 4.69) is 57.8 Å². The van der Waals surface area contributed by atoms with Crippen LogP contribution in [0.3, 0.4) is 0 Å². The molecule has 1 aliphatic heterocycles. The van der Waals surface area contributed by atoms with Gasteiger partial charge in [0, 0.05) is 11.0 Å². The Morgan fingerprint density at radius 2 is 2.00 bits per heavy atom. The van der Waals surface area contributed by atoms with Crippen molar-refractivity contribution in [3.8, 4) is 17.0 Å². The molecule has 1 aromatic heterocycles. The van der Waals surface area contributed by atoms with Gasteiger partial charge in [0.05, 0.1) is 11.4 Å². The fourth-order valence-corrected chi connectivity index (χ4v) is 2.45. The van der Waals surface area contributed by atoms with Crippen LogP contribution in [-0.4, -0.2) is 9.97 Å². The highest BCUT2D eigenvalue weighted by Gasteiger charge is 2.26. The minimum Gasteiger partial charge on any atom is -0.487 e. The Morgan fingerprint density at radius 3 is 2.65 bits per heavy atom. The third kappa shape index (κ3) is 2.11.